The van der Waals surface area contributed by atoms with Gasteiger partial charge < -0.3 is 10.6 Å². The van der Waals surface area contributed by atoms with E-state index in [2.05, 4.69) is 10.6 Å². The van der Waals surface area contributed by atoms with E-state index in [1.54, 1.807) is 17.8 Å². The summed E-state index contributed by atoms with van der Waals surface area (Å²) < 4.78 is 13.5. The van der Waals surface area contributed by atoms with Crippen molar-refractivity contribution in [2.75, 3.05) is 12.3 Å². The Labute approximate surface area is 129 Å². The lowest BCUT2D eigenvalue weighted by Gasteiger charge is -2.27. The Balaban J connectivity index is 1.70. The number of thioether (sulfide) groups is 1. The molecule has 3 rings (SSSR count). The third-order valence-corrected chi connectivity index (χ3v) is 5.33. The third kappa shape index (κ3) is 3.58. The molecule has 0 bridgehead atoms. The van der Waals surface area contributed by atoms with Gasteiger partial charge in [0.15, 0.2) is 0 Å². The zero-order chi connectivity index (χ0) is 14.7. The molecule has 2 heterocycles. The Morgan fingerprint density at radius 2 is 2.19 bits per heavy atom. The highest BCUT2D eigenvalue weighted by Crippen LogP contribution is 2.36. The van der Waals surface area contributed by atoms with Crippen LogP contribution in [-0.2, 0) is 4.79 Å². The normalized spacial score (nSPS) is 25.8. The van der Waals surface area contributed by atoms with Crippen LogP contribution in [0, 0.1) is 5.82 Å². The van der Waals surface area contributed by atoms with Crippen molar-refractivity contribution in [1.82, 2.24) is 10.6 Å². The van der Waals surface area contributed by atoms with Gasteiger partial charge in [-0.3, -0.25) is 4.79 Å². The van der Waals surface area contributed by atoms with E-state index in [4.69, 9.17) is 0 Å². The van der Waals surface area contributed by atoms with Crippen molar-refractivity contribution in [2.24, 2.45) is 0 Å². The van der Waals surface area contributed by atoms with Crippen LogP contribution < -0.4 is 10.6 Å². The van der Waals surface area contributed by atoms with Crippen molar-refractivity contribution >= 4 is 17.7 Å². The SMILES string of the molecule is O=C(NC1CCSc2ccc(F)cc21)C1CCCCCN1. The van der Waals surface area contributed by atoms with Crippen LogP contribution in [0.1, 0.15) is 43.7 Å². The Bertz CT molecular complexity index is 515. The van der Waals surface area contributed by atoms with Gasteiger partial charge in [0.05, 0.1) is 12.1 Å². The topological polar surface area (TPSA) is 41.1 Å². The lowest BCUT2D eigenvalue weighted by molar-refractivity contribution is -0.124. The van der Waals surface area contributed by atoms with Gasteiger partial charge >= 0.3 is 0 Å². The van der Waals surface area contributed by atoms with Gasteiger partial charge in [-0.05, 0) is 49.6 Å². The van der Waals surface area contributed by atoms with Crippen LogP contribution in [0.2, 0.25) is 0 Å². The summed E-state index contributed by atoms with van der Waals surface area (Å²) in [5.41, 5.74) is 0.924. The van der Waals surface area contributed by atoms with E-state index in [1.807, 2.05) is 6.07 Å². The largest absolute Gasteiger partial charge is 0.348 e. The third-order valence-electron chi connectivity index (χ3n) is 4.20. The van der Waals surface area contributed by atoms with Crippen molar-refractivity contribution in [3.05, 3.63) is 29.6 Å². The molecule has 1 saturated heterocycles. The maximum Gasteiger partial charge on any atom is 0.237 e. The molecule has 0 aliphatic carbocycles. The molecule has 2 unspecified atom stereocenters. The molecule has 114 valence electrons. The summed E-state index contributed by atoms with van der Waals surface area (Å²) in [6, 6.07) is 4.71. The number of nitrogens with one attached hydrogen (secondary N) is 2. The highest BCUT2D eigenvalue weighted by Gasteiger charge is 2.26. The molecular weight excluding hydrogens is 287 g/mol. The van der Waals surface area contributed by atoms with Crippen molar-refractivity contribution in [1.29, 1.82) is 0 Å². The number of benzene rings is 1. The molecule has 2 atom stereocenters. The van der Waals surface area contributed by atoms with Crippen LogP contribution in [0.3, 0.4) is 0 Å². The summed E-state index contributed by atoms with van der Waals surface area (Å²) in [6.07, 6.45) is 5.17. The van der Waals surface area contributed by atoms with E-state index in [9.17, 15) is 9.18 Å². The average molecular weight is 308 g/mol. The van der Waals surface area contributed by atoms with E-state index in [0.717, 1.165) is 48.4 Å². The number of carbonyl (C=O) groups excluding carboxylic acids is 1. The Morgan fingerprint density at radius 3 is 3.10 bits per heavy atom. The minimum absolute atomic E-state index is 0.0593. The molecule has 2 aliphatic heterocycles. The van der Waals surface area contributed by atoms with Crippen molar-refractivity contribution in [3.8, 4) is 0 Å². The molecule has 5 heteroatoms. The second-order valence-corrected chi connectivity index (χ2v) is 6.87. The summed E-state index contributed by atoms with van der Waals surface area (Å²) >= 11 is 1.73. The molecule has 0 saturated carbocycles. The standard InChI is InChI=1S/C16H21FN2OS/c17-11-5-6-15-12(10-11)13(7-9-21-15)19-16(20)14-4-2-1-3-8-18-14/h5-6,10,13-14,18H,1-4,7-9H2,(H,19,20). The van der Waals surface area contributed by atoms with E-state index in [1.165, 1.54) is 12.5 Å². The van der Waals surface area contributed by atoms with Gasteiger partial charge in [0.2, 0.25) is 5.91 Å². The predicted octanol–water partition coefficient (Wildman–Crippen LogP) is 3.01. The summed E-state index contributed by atoms with van der Waals surface area (Å²) in [5.74, 6) is 0.786. The Kier molecular flexibility index (Phi) is 4.80. The number of amides is 1. The zero-order valence-corrected chi connectivity index (χ0v) is 12.8. The number of fused-ring (bicyclic) bond motifs is 1. The van der Waals surface area contributed by atoms with Crippen LogP contribution in [0.4, 0.5) is 4.39 Å². The van der Waals surface area contributed by atoms with E-state index in [0.29, 0.717) is 0 Å². The van der Waals surface area contributed by atoms with Gasteiger partial charge in [-0.1, -0.05) is 12.8 Å². The van der Waals surface area contributed by atoms with E-state index < -0.39 is 0 Å². The minimum Gasteiger partial charge on any atom is -0.348 e. The molecule has 1 fully saturated rings. The number of halogens is 1. The highest BCUT2D eigenvalue weighted by molar-refractivity contribution is 7.99. The lowest BCUT2D eigenvalue weighted by Crippen LogP contribution is -2.45. The molecule has 21 heavy (non-hydrogen) atoms. The van der Waals surface area contributed by atoms with Crippen molar-refractivity contribution in [3.63, 3.8) is 0 Å². The molecule has 0 spiro atoms. The number of hydrogen-bond acceptors (Lipinski definition) is 3. The maximum absolute atomic E-state index is 13.5. The second kappa shape index (κ2) is 6.79. The monoisotopic (exact) mass is 308 g/mol. The van der Waals surface area contributed by atoms with Gasteiger partial charge in [0, 0.05) is 10.6 Å². The highest BCUT2D eigenvalue weighted by atomic mass is 32.2. The van der Waals surface area contributed by atoms with Gasteiger partial charge in [0.25, 0.3) is 0 Å². The van der Waals surface area contributed by atoms with Crippen molar-refractivity contribution in [2.45, 2.75) is 49.1 Å². The fourth-order valence-electron chi connectivity index (χ4n) is 3.04. The van der Waals surface area contributed by atoms with Crippen molar-refractivity contribution < 1.29 is 9.18 Å². The first-order valence-electron chi connectivity index (χ1n) is 7.70. The summed E-state index contributed by atoms with van der Waals surface area (Å²) in [5, 5.41) is 6.43. The number of carbonyl (C=O) groups is 1. The first kappa shape index (κ1) is 14.9. The van der Waals surface area contributed by atoms with E-state index >= 15 is 0 Å². The van der Waals surface area contributed by atoms with Crippen LogP contribution >= 0.6 is 11.8 Å². The maximum atomic E-state index is 13.5. The fourth-order valence-corrected chi connectivity index (χ4v) is 4.15. The van der Waals surface area contributed by atoms with Crippen LogP contribution in [0.15, 0.2) is 23.1 Å². The van der Waals surface area contributed by atoms with E-state index in [-0.39, 0.29) is 23.8 Å². The molecule has 0 radical (unpaired) electrons. The van der Waals surface area contributed by atoms with Gasteiger partial charge in [0.1, 0.15) is 5.82 Å². The number of hydrogen-bond donors (Lipinski definition) is 2. The average Bonchev–Trinajstić information content (AvgIpc) is 2.77. The molecule has 1 aromatic rings. The van der Waals surface area contributed by atoms with Crippen LogP contribution in [0.25, 0.3) is 0 Å². The molecule has 0 aromatic heterocycles. The second-order valence-electron chi connectivity index (χ2n) is 5.74. The lowest BCUT2D eigenvalue weighted by atomic mass is 10.0. The zero-order valence-electron chi connectivity index (χ0n) is 12.0. The predicted molar refractivity (Wildman–Crippen MR) is 82.9 cm³/mol. The summed E-state index contributed by atoms with van der Waals surface area (Å²) in [6.45, 7) is 0.907. The first-order chi connectivity index (χ1) is 10.2. The minimum atomic E-state index is -0.233. The summed E-state index contributed by atoms with van der Waals surface area (Å²) in [4.78, 5) is 13.5. The molecule has 2 aliphatic rings. The molecule has 2 N–H and O–H groups in total. The molecule has 1 aromatic carbocycles. The fraction of sp³-hybridized carbons (Fsp3) is 0.562. The quantitative estimate of drug-likeness (QED) is 0.882. The smallest absolute Gasteiger partial charge is 0.237 e. The van der Waals surface area contributed by atoms with Crippen LogP contribution in [0.5, 0.6) is 0 Å². The Hall–Kier alpha value is -1.07. The molecular formula is C16H21FN2OS. The molecule has 3 nitrogen and oxygen atoms in total. The first-order valence-corrected chi connectivity index (χ1v) is 8.68. The summed E-state index contributed by atoms with van der Waals surface area (Å²) in [7, 11) is 0. The van der Waals surface area contributed by atoms with Gasteiger partial charge in [-0.2, -0.15) is 0 Å². The Morgan fingerprint density at radius 1 is 1.29 bits per heavy atom. The number of rotatable bonds is 2. The van der Waals surface area contributed by atoms with Gasteiger partial charge in [-0.15, -0.1) is 11.8 Å². The van der Waals surface area contributed by atoms with Crippen LogP contribution in [-0.4, -0.2) is 24.2 Å². The van der Waals surface area contributed by atoms with Gasteiger partial charge in [-0.25, -0.2) is 4.39 Å². The molecule has 1 amide bonds.